The van der Waals surface area contributed by atoms with Crippen molar-refractivity contribution in [1.82, 2.24) is 5.32 Å². The third-order valence-electron chi connectivity index (χ3n) is 2.96. The van der Waals surface area contributed by atoms with Crippen LogP contribution in [0.25, 0.3) is 0 Å². The predicted octanol–water partition coefficient (Wildman–Crippen LogP) is 2.81. The first-order chi connectivity index (χ1) is 8.30. The van der Waals surface area contributed by atoms with Crippen LogP contribution in [0, 0.1) is 0 Å². The average Bonchev–Trinajstić information content (AvgIpc) is 2.37. The molecule has 0 aliphatic carbocycles. The Bertz CT molecular complexity index is 294. The summed E-state index contributed by atoms with van der Waals surface area (Å²) in [7, 11) is 1.76. The highest BCUT2D eigenvalue weighted by molar-refractivity contribution is 5.23. The zero-order valence-electron chi connectivity index (χ0n) is 11.3. The Labute approximate surface area is 105 Å². The van der Waals surface area contributed by atoms with Gasteiger partial charge in [0.1, 0.15) is 0 Å². The van der Waals surface area contributed by atoms with E-state index in [4.69, 9.17) is 4.74 Å². The summed E-state index contributed by atoms with van der Waals surface area (Å²) >= 11 is 0. The molecule has 0 amide bonds. The first-order valence-corrected chi connectivity index (χ1v) is 6.60. The van der Waals surface area contributed by atoms with Gasteiger partial charge in [-0.05, 0) is 36.9 Å². The molecule has 2 nitrogen and oxygen atoms in total. The second-order valence-electron chi connectivity index (χ2n) is 4.48. The molecule has 1 unspecified atom stereocenters. The van der Waals surface area contributed by atoms with E-state index in [1.54, 1.807) is 7.11 Å². The van der Waals surface area contributed by atoms with Crippen molar-refractivity contribution in [3.63, 3.8) is 0 Å². The molecule has 1 rings (SSSR count). The van der Waals surface area contributed by atoms with Gasteiger partial charge < -0.3 is 10.1 Å². The monoisotopic (exact) mass is 235 g/mol. The first kappa shape index (κ1) is 14.2. The summed E-state index contributed by atoms with van der Waals surface area (Å²) in [5, 5.41) is 3.52. The Morgan fingerprint density at radius 3 is 2.29 bits per heavy atom. The maximum Gasteiger partial charge on any atom is 0.0619 e. The van der Waals surface area contributed by atoms with Crippen molar-refractivity contribution in [2.75, 3.05) is 20.3 Å². The molecule has 96 valence electrons. The van der Waals surface area contributed by atoms with Gasteiger partial charge in [-0.2, -0.15) is 0 Å². The number of hydrogen-bond donors (Lipinski definition) is 1. The van der Waals surface area contributed by atoms with Gasteiger partial charge in [0, 0.05) is 13.2 Å². The van der Waals surface area contributed by atoms with Crippen LogP contribution in [0.2, 0.25) is 0 Å². The van der Waals surface area contributed by atoms with Crippen molar-refractivity contribution in [3.8, 4) is 0 Å². The number of hydrogen-bond acceptors (Lipinski definition) is 2. The second-order valence-corrected chi connectivity index (χ2v) is 4.48. The van der Waals surface area contributed by atoms with Gasteiger partial charge in [0.15, 0.2) is 0 Å². The molecule has 0 fully saturated rings. The van der Waals surface area contributed by atoms with Crippen molar-refractivity contribution in [1.29, 1.82) is 0 Å². The van der Waals surface area contributed by atoms with E-state index in [1.807, 2.05) is 0 Å². The van der Waals surface area contributed by atoms with Crippen molar-refractivity contribution < 1.29 is 4.74 Å². The van der Waals surface area contributed by atoms with E-state index in [2.05, 4.69) is 43.4 Å². The van der Waals surface area contributed by atoms with Crippen LogP contribution in [-0.4, -0.2) is 26.3 Å². The summed E-state index contributed by atoms with van der Waals surface area (Å²) in [6.07, 6.45) is 3.31. The van der Waals surface area contributed by atoms with Gasteiger partial charge in [-0.15, -0.1) is 0 Å². The summed E-state index contributed by atoms with van der Waals surface area (Å²) in [5.74, 6) is 0. The van der Waals surface area contributed by atoms with Crippen molar-refractivity contribution >= 4 is 0 Å². The number of aryl methyl sites for hydroxylation is 1. The van der Waals surface area contributed by atoms with Crippen LogP contribution in [0.1, 0.15) is 31.4 Å². The predicted molar refractivity (Wildman–Crippen MR) is 73.5 cm³/mol. The summed E-state index contributed by atoms with van der Waals surface area (Å²) in [4.78, 5) is 0. The lowest BCUT2D eigenvalue weighted by atomic mass is 10.0. The highest BCUT2D eigenvalue weighted by atomic mass is 16.5. The third-order valence-corrected chi connectivity index (χ3v) is 2.96. The second kappa shape index (κ2) is 8.26. The van der Waals surface area contributed by atoms with Crippen LogP contribution in [0.5, 0.6) is 0 Å². The fraction of sp³-hybridized carbons (Fsp3) is 0.600. The number of benzene rings is 1. The minimum absolute atomic E-state index is 0.424. The van der Waals surface area contributed by atoms with Crippen LogP contribution in [-0.2, 0) is 17.6 Å². The Morgan fingerprint density at radius 1 is 1.12 bits per heavy atom. The van der Waals surface area contributed by atoms with E-state index in [0.29, 0.717) is 6.04 Å². The molecule has 0 saturated heterocycles. The minimum atomic E-state index is 0.424. The molecule has 0 saturated carbocycles. The standard InChI is InChI=1S/C15H25NO/c1-4-10-16-15(12-17-3)11-14-8-6-13(5-2)7-9-14/h6-9,15-16H,4-5,10-12H2,1-3H3. The molecule has 2 heteroatoms. The molecule has 0 heterocycles. The first-order valence-electron chi connectivity index (χ1n) is 6.60. The molecule has 0 bridgehead atoms. The molecule has 17 heavy (non-hydrogen) atoms. The summed E-state index contributed by atoms with van der Waals surface area (Å²) < 4.78 is 5.26. The smallest absolute Gasteiger partial charge is 0.0619 e. The fourth-order valence-corrected chi connectivity index (χ4v) is 1.94. The largest absolute Gasteiger partial charge is 0.383 e. The van der Waals surface area contributed by atoms with E-state index in [9.17, 15) is 0 Å². The van der Waals surface area contributed by atoms with Gasteiger partial charge in [-0.1, -0.05) is 38.1 Å². The quantitative estimate of drug-likeness (QED) is 0.748. The van der Waals surface area contributed by atoms with Crippen molar-refractivity contribution in [3.05, 3.63) is 35.4 Å². The highest BCUT2D eigenvalue weighted by Gasteiger charge is 2.08. The SMILES string of the molecule is CCCNC(COC)Cc1ccc(CC)cc1. The molecular weight excluding hydrogens is 210 g/mol. The zero-order chi connectivity index (χ0) is 12.5. The topological polar surface area (TPSA) is 21.3 Å². The van der Waals surface area contributed by atoms with Crippen LogP contribution >= 0.6 is 0 Å². The van der Waals surface area contributed by atoms with Crippen LogP contribution in [0.15, 0.2) is 24.3 Å². The molecule has 0 spiro atoms. The molecule has 0 aliphatic rings. The van der Waals surface area contributed by atoms with Gasteiger partial charge in [0.05, 0.1) is 6.61 Å². The van der Waals surface area contributed by atoms with Crippen molar-refractivity contribution in [2.45, 2.75) is 39.2 Å². The van der Waals surface area contributed by atoms with Crippen LogP contribution in [0.3, 0.4) is 0 Å². The number of nitrogens with one attached hydrogen (secondary N) is 1. The Balaban J connectivity index is 2.51. The van der Waals surface area contributed by atoms with Gasteiger partial charge in [-0.3, -0.25) is 0 Å². The normalized spacial score (nSPS) is 12.6. The summed E-state index contributed by atoms with van der Waals surface area (Å²) in [6.45, 7) is 6.20. The van der Waals surface area contributed by atoms with E-state index < -0.39 is 0 Å². The van der Waals surface area contributed by atoms with E-state index in [0.717, 1.165) is 32.4 Å². The number of methoxy groups -OCH3 is 1. The number of ether oxygens (including phenoxy) is 1. The zero-order valence-corrected chi connectivity index (χ0v) is 11.3. The molecule has 1 N–H and O–H groups in total. The Morgan fingerprint density at radius 2 is 1.76 bits per heavy atom. The maximum atomic E-state index is 5.26. The molecule has 0 aromatic heterocycles. The van der Waals surface area contributed by atoms with Gasteiger partial charge in [0.25, 0.3) is 0 Å². The van der Waals surface area contributed by atoms with E-state index >= 15 is 0 Å². The molecule has 0 aliphatic heterocycles. The Hall–Kier alpha value is -0.860. The van der Waals surface area contributed by atoms with Gasteiger partial charge >= 0.3 is 0 Å². The summed E-state index contributed by atoms with van der Waals surface area (Å²) in [5.41, 5.74) is 2.78. The minimum Gasteiger partial charge on any atom is -0.383 e. The van der Waals surface area contributed by atoms with Crippen molar-refractivity contribution in [2.24, 2.45) is 0 Å². The summed E-state index contributed by atoms with van der Waals surface area (Å²) in [6, 6.07) is 9.33. The Kier molecular flexibility index (Phi) is 6.90. The number of rotatable bonds is 8. The lowest BCUT2D eigenvalue weighted by Gasteiger charge is -2.17. The molecule has 1 aromatic carbocycles. The van der Waals surface area contributed by atoms with E-state index in [1.165, 1.54) is 11.1 Å². The lowest BCUT2D eigenvalue weighted by Crippen LogP contribution is -2.35. The van der Waals surface area contributed by atoms with Gasteiger partial charge in [0.2, 0.25) is 0 Å². The molecule has 0 radical (unpaired) electrons. The molecule has 1 atom stereocenters. The van der Waals surface area contributed by atoms with E-state index in [-0.39, 0.29) is 0 Å². The lowest BCUT2D eigenvalue weighted by molar-refractivity contribution is 0.166. The van der Waals surface area contributed by atoms with Crippen LogP contribution in [0.4, 0.5) is 0 Å². The van der Waals surface area contributed by atoms with Gasteiger partial charge in [-0.25, -0.2) is 0 Å². The molecule has 1 aromatic rings. The third kappa shape index (κ3) is 5.33. The molecular formula is C15H25NO. The highest BCUT2D eigenvalue weighted by Crippen LogP contribution is 2.08. The van der Waals surface area contributed by atoms with Crippen LogP contribution < -0.4 is 5.32 Å². The fourth-order valence-electron chi connectivity index (χ4n) is 1.94. The maximum absolute atomic E-state index is 5.26. The average molecular weight is 235 g/mol.